The standard InChI is InChI=1S/C28H28F2N4O2S/c1-32-23-7-5-17(12-21(23)29)20-14-25(27(35)34-11-2-4-19(31)15-34)37-26(20)18-6-8-24(22(30)13-18)33-16-28(36)9-3-10-28/h5-8,12-14,19,33,36H,2-4,9-11,15-16,31H2/t19-/m1/s1. The van der Waals surface area contributed by atoms with Gasteiger partial charge < -0.3 is 21.1 Å². The molecule has 192 valence electrons. The quantitative estimate of drug-likeness (QED) is 0.357. The van der Waals surface area contributed by atoms with Crippen molar-refractivity contribution in [2.45, 2.75) is 43.7 Å². The first-order chi connectivity index (χ1) is 17.8. The van der Waals surface area contributed by atoms with E-state index in [0.717, 1.165) is 19.3 Å². The highest BCUT2D eigenvalue weighted by molar-refractivity contribution is 7.18. The maximum atomic E-state index is 15.1. The van der Waals surface area contributed by atoms with E-state index in [-0.39, 0.29) is 29.9 Å². The van der Waals surface area contributed by atoms with Gasteiger partial charge in [0.05, 0.1) is 22.7 Å². The van der Waals surface area contributed by atoms with Crippen molar-refractivity contribution in [1.82, 2.24) is 4.90 Å². The number of nitrogens with one attached hydrogen (secondary N) is 1. The molecule has 5 rings (SSSR count). The highest BCUT2D eigenvalue weighted by Crippen LogP contribution is 2.42. The van der Waals surface area contributed by atoms with Crippen LogP contribution in [0.25, 0.3) is 26.4 Å². The summed E-state index contributed by atoms with van der Waals surface area (Å²) in [6.07, 6.45) is 4.05. The van der Waals surface area contributed by atoms with Gasteiger partial charge in [-0.15, -0.1) is 11.3 Å². The number of nitrogens with two attached hydrogens (primary N) is 1. The number of rotatable bonds is 6. The third-order valence-corrected chi connectivity index (χ3v) is 8.36. The lowest BCUT2D eigenvalue weighted by Gasteiger charge is -2.36. The van der Waals surface area contributed by atoms with E-state index < -0.39 is 17.2 Å². The van der Waals surface area contributed by atoms with Gasteiger partial charge in [0.25, 0.3) is 5.91 Å². The van der Waals surface area contributed by atoms with Crippen molar-refractivity contribution in [2.24, 2.45) is 5.73 Å². The SMILES string of the molecule is [C-]#[N+]c1ccc(-c2cc(C(=O)N3CCC[C@@H](N)C3)sc2-c2ccc(NCC3(O)CCC3)c(F)c2)cc1F. The van der Waals surface area contributed by atoms with Crippen LogP contribution in [0.3, 0.4) is 0 Å². The average molecular weight is 523 g/mol. The Morgan fingerprint density at radius 1 is 1.16 bits per heavy atom. The Hall–Kier alpha value is -3.32. The third-order valence-electron chi connectivity index (χ3n) is 7.19. The Balaban J connectivity index is 1.50. The van der Waals surface area contributed by atoms with Crippen LogP contribution in [0.15, 0.2) is 42.5 Å². The van der Waals surface area contributed by atoms with Crippen molar-refractivity contribution in [2.75, 3.05) is 25.0 Å². The van der Waals surface area contributed by atoms with Gasteiger partial charge in [-0.05, 0) is 67.5 Å². The molecular weight excluding hydrogens is 494 g/mol. The molecule has 2 aromatic carbocycles. The smallest absolute Gasteiger partial charge is 0.264 e. The Morgan fingerprint density at radius 3 is 2.57 bits per heavy atom. The summed E-state index contributed by atoms with van der Waals surface area (Å²) in [6, 6.07) is 10.7. The topological polar surface area (TPSA) is 83.0 Å². The van der Waals surface area contributed by atoms with E-state index in [1.807, 2.05) is 0 Å². The van der Waals surface area contributed by atoms with Gasteiger partial charge in [-0.2, -0.15) is 0 Å². The Bertz CT molecular complexity index is 1380. The van der Waals surface area contributed by atoms with Crippen molar-refractivity contribution >= 4 is 28.6 Å². The van der Waals surface area contributed by atoms with Gasteiger partial charge in [0, 0.05) is 36.1 Å². The highest BCUT2D eigenvalue weighted by Gasteiger charge is 2.34. The number of thiophene rings is 1. The lowest BCUT2D eigenvalue weighted by Crippen LogP contribution is -2.45. The summed E-state index contributed by atoms with van der Waals surface area (Å²) in [4.78, 5) is 19.3. The van der Waals surface area contributed by atoms with Crippen LogP contribution in [0.5, 0.6) is 0 Å². The zero-order valence-corrected chi connectivity index (χ0v) is 21.1. The van der Waals surface area contributed by atoms with Crippen LogP contribution in [0.1, 0.15) is 41.8 Å². The molecule has 1 aliphatic carbocycles. The minimum absolute atomic E-state index is 0.0704. The van der Waals surface area contributed by atoms with Gasteiger partial charge >= 0.3 is 0 Å². The number of carbonyl (C=O) groups is 1. The zero-order valence-electron chi connectivity index (χ0n) is 20.3. The Morgan fingerprint density at radius 2 is 1.92 bits per heavy atom. The highest BCUT2D eigenvalue weighted by atomic mass is 32.1. The molecule has 0 unspecified atom stereocenters. The molecule has 1 amide bonds. The van der Waals surface area contributed by atoms with Gasteiger partial charge in [0.1, 0.15) is 11.6 Å². The third kappa shape index (κ3) is 5.23. The average Bonchev–Trinajstić information content (AvgIpc) is 3.32. The second-order valence-corrected chi connectivity index (χ2v) is 11.0. The predicted molar refractivity (Wildman–Crippen MR) is 142 cm³/mol. The molecule has 1 saturated heterocycles. The number of halogens is 2. The van der Waals surface area contributed by atoms with Crippen molar-refractivity contribution in [3.8, 4) is 21.6 Å². The summed E-state index contributed by atoms with van der Waals surface area (Å²) in [5.41, 5.74) is 7.12. The number of hydrogen-bond acceptors (Lipinski definition) is 5. The van der Waals surface area contributed by atoms with Crippen LogP contribution in [-0.2, 0) is 0 Å². The van der Waals surface area contributed by atoms with Crippen LogP contribution in [0.4, 0.5) is 20.2 Å². The number of aliphatic hydroxyl groups is 1. The summed E-state index contributed by atoms with van der Waals surface area (Å²) in [6.45, 7) is 8.48. The number of piperidine rings is 1. The molecule has 6 nitrogen and oxygen atoms in total. The van der Waals surface area contributed by atoms with Crippen LogP contribution < -0.4 is 11.1 Å². The molecule has 2 heterocycles. The summed E-state index contributed by atoms with van der Waals surface area (Å²) in [5, 5.41) is 13.3. The molecule has 37 heavy (non-hydrogen) atoms. The maximum Gasteiger partial charge on any atom is 0.264 e. The van der Waals surface area contributed by atoms with Crippen LogP contribution in [0.2, 0.25) is 0 Å². The number of anilines is 1. The number of hydrogen-bond donors (Lipinski definition) is 3. The number of benzene rings is 2. The molecule has 9 heteroatoms. The lowest BCUT2D eigenvalue weighted by molar-refractivity contribution is -0.0202. The molecule has 2 aliphatic rings. The van der Waals surface area contributed by atoms with Crippen molar-refractivity contribution < 1.29 is 18.7 Å². The Kier molecular flexibility index (Phi) is 6.99. The van der Waals surface area contributed by atoms with E-state index in [2.05, 4.69) is 10.2 Å². The molecule has 2 fully saturated rings. The van der Waals surface area contributed by atoms with Crippen LogP contribution >= 0.6 is 11.3 Å². The summed E-state index contributed by atoms with van der Waals surface area (Å²) in [5.74, 6) is -1.29. The molecule has 0 spiro atoms. The van der Waals surface area contributed by atoms with Crippen molar-refractivity contribution in [3.63, 3.8) is 0 Å². The summed E-state index contributed by atoms with van der Waals surface area (Å²) < 4.78 is 29.6. The zero-order chi connectivity index (χ0) is 26.2. The van der Waals surface area contributed by atoms with E-state index in [9.17, 15) is 14.3 Å². The molecule has 1 saturated carbocycles. The summed E-state index contributed by atoms with van der Waals surface area (Å²) >= 11 is 1.23. The minimum Gasteiger partial charge on any atom is -0.388 e. The molecule has 1 atom stereocenters. The van der Waals surface area contributed by atoms with Crippen LogP contribution in [-0.4, -0.2) is 47.2 Å². The Labute approximate surface area is 218 Å². The maximum absolute atomic E-state index is 15.1. The number of amides is 1. The molecule has 4 N–H and O–H groups in total. The molecule has 3 aromatic rings. The fourth-order valence-corrected chi connectivity index (χ4v) is 6.01. The van der Waals surface area contributed by atoms with Crippen molar-refractivity contribution in [3.05, 3.63) is 70.4 Å². The van der Waals surface area contributed by atoms with E-state index in [4.69, 9.17) is 12.3 Å². The first kappa shape index (κ1) is 25.3. The molecule has 1 aromatic heterocycles. The van der Waals surface area contributed by atoms with Crippen LogP contribution in [0, 0.1) is 18.2 Å². The molecule has 0 radical (unpaired) electrons. The monoisotopic (exact) mass is 522 g/mol. The molecular formula is C28H28F2N4O2S. The van der Waals surface area contributed by atoms with E-state index >= 15 is 4.39 Å². The second-order valence-electron chi connectivity index (χ2n) is 9.91. The van der Waals surface area contributed by atoms with E-state index in [0.29, 0.717) is 52.4 Å². The number of nitrogens with zero attached hydrogens (tertiary/aromatic N) is 2. The van der Waals surface area contributed by atoms with Gasteiger partial charge in [0.15, 0.2) is 0 Å². The van der Waals surface area contributed by atoms with E-state index in [1.165, 1.54) is 29.5 Å². The summed E-state index contributed by atoms with van der Waals surface area (Å²) in [7, 11) is 0. The predicted octanol–water partition coefficient (Wildman–Crippen LogP) is 5.80. The first-order valence-corrected chi connectivity index (χ1v) is 13.2. The minimum atomic E-state index is -0.792. The molecule has 0 bridgehead atoms. The fourth-order valence-electron chi connectivity index (χ4n) is 4.86. The van der Waals surface area contributed by atoms with E-state index in [1.54, 1.807) is 29.2 Å². The second kappa shape index (κ2) is 10.2. The largest absolute Gasteiger partial charge is 0.388 e. The number of likely N-dealkylation sites (tertiary alicyclic amines) is 1. The first-order valence-electron chi connectivity index (χ1n) is 12.4. The number of carbonyl (C=O) groups excluding carboxylic acids is 1. The van der Waals surface area contributed by atoms with Gasteiger partial charge in [-0.25, -0.2) is 13.6 Å². The van der Waals surface area contributed by atoms with Gasteiger partial charge in [-0.1, -0.05) is 18.2 Å². The normalized spacial score (nSPS) is 18.7. The lowest BCUT2D eigenvalue weighted by atomic mass is 9.80. The molecule has 1 aliphatic heterocycles. The van der Waals surface area contributed by atoms with Gasteiger partial charge in [0.2, 0.25) is 5.69 Å². The fraction of sp³-hybridized carbons (Fsp3) is 0.357. The van der Waals surface area contributed by atoms with Gasteiger partial charge in [-0.3, -0.25) is 4.79 Å². The van der Waals surface area contributed by atoms with Crippen molar-refractivity contribution in [1.29, 1.82) is 0 Å².